The molecule has 2 rings (SSSR count). The van der Waals surface area contributed by atoms with E-state index < -0.39 is 0 Å². The molecule has 2 heterocycles. The number of hydrogen-bond donors (Lipinski definition) is 2. The van der Waals surface area contributed by atoms with Gasteiger partial charge < -0.3 is 15.2 Å². The fraction of sp³-hybridized carbons (Fsp3) is 0.417. The first-order chi connectivity index (χ1) is 8.29. The molecule has 1 atom stereocenters. The maximum absolute atomic E-state index is 11.8. The van der Waals surface area contributed by atoms with Gasteiger partial charge in [-0.25, -0.2) is 0 Å². The maximum Gasteiger partial charge on any atom is 0.261 e. The molecule has 0 aliphatic carbocycles. The van der Waals surface area contributed by atoms with Crippen LogP contribution >= 0.6 is 11.3 Å². The molecule has 4 nitrogen and oxygen atoms in total. The summed E-state index contributed by atoms with van der Waals surface area (Å²) in [4.78, 5) is 13.3. The molecular weight excluding hydrogens is 238 g/mol. The minimum absolute atomic E-state index is 0.0810. The molecule has 1 saturated heterocycles. The summed E-state index contributed by atoms with van der Waals surface area (Å²) in [6.07, 6.45) is 0.869. The fourth-order valence-electron chi connectivity index (χ4n) is 1.56. The number of thiophene rings is 1. The molecule has 1 aromatic heterocycles. The summed E-state index contributed by atoms with van der Waals surface area (Å²) in [5, 5.41) is 11.5. The highest BCUT2D eigenvalue weighted by atomic mass is 32.1. The van der Waals surface area contributed by atoms with Crippen molar-refractivity contribution in [1.82, 2.24) is 5.32 Å². The molecule has 90 valence electrons. The zero-order valence-corrected chi connectivity index (χ0v) is 10.0. The Morgan fingerprint density at radius 2 is 2.53 bits per heavy atom. The van der Waals surface area contributed by atoms with E-state index in [0.717, 1.165) is 11.3 Å². The minimum Gasteiger partial charge on any atom is -0.384 e. The fourth-order valence-corrected chi connectivity index (χ4v) is 2.34. The van der Waals surface area contributed by atoms with Gasteiger partial charge in [0.25, 0.3) is 5.91 Å². The van der Waals surface area contributed by atoms with Gasteiger partial charge in [-0.1, -0.05) is 11.8 Å². The van der Waals surface area contributed by atoms with E-state index in [4.69, 9.17) is 9.84 Å². The zero-order chi connectivity index (χ0) is 12.1. The maximum atomic E-state index is 11.8. The van der Waals surface area contributed by atoms with Crippen LogP contribution in [0.1, 0.15) is 21.0 Å². The molecule has 1 unspecified atom stereocenters. The van der Waals surface area contributed by atoms with Crippen molar-refractivity contribution in [3.8, 4) is 11.8 Å². The minimum atomic E-state index is -0.168. The highest BCUT2D eigenvalue weighted by Gasteiger charge is 2.19. The van der Waals surface area contributed by atoms with Crippen LogP contribution in [-0.4, -0.2) is 36.9 Å². The molecule has 0 radical (unpaired) electrons. The SMILES string of the molecule is O=C(NC1CCOC1)c1ccc(C#CCO)s1. The van der Waals surface area contributed by atoms with Crippen LogP contribution in [0.15, 0.2) is 12.1 Å². The summed E-state index contributed by atoms with van der Waals surface area (Å²) in [7, 11) is 0. The lowest BCUT2D eigenvalue weighted by atomic mass is 10.2. The monoisotopic (exact) mass is 251 g/mol. The molecule has 1 aliphatic heterocycles. The normalized spacial score (nSPS) is 18.5. The van der Waals surface area contributed by atoms with Crippen LogP contribution in [0.4, 0.5) is 0 Å². The molecule has 0 saturated carbocycles. The molecule has 1 aliphatic rings. The van der Waals surface area contributed by atoms with Gasteiger partial charge in [0.1, 0.15) is 6.61 Å². The van der Waals surface area contributed by atoms with Crippen LogP contribution in [-0.2, 0) is 4.74 Å². The molecule has 1 fully saturated rings. The quantitative estimate of drug-likeness (QED) is 0.757. The average Bonchev–Trinajstić information content (AvgIpc) is 2.96. The molecule has 17 heavy (non-hydrogen) atoms. The number of ether oxygens (including phenoxy) is 1. The van der Waals surface area contributed by atoms with Gasteiger partial charge in [0.2, 0.25) is 0 Å². The van der Waals surface area contributed by atoms with E-state index in [9.17, 15) is 4.79 Å². The van der Waals surface area contributed by atoms with Gasteiger partial charge in [0, 0.05) is 6.61 Å². The molecule has 5 heteroatoms. The summed E-state index contributed by atoms with van der Waals surface area (Å²) < 4.78 is 5.19. The van der Waals surface area contributed by atoms with E-state index in [-0.39, 0.29) is 18.6 Å². The van der Waals surface area contributed by atoms with Gasteiger partial charge in [-0.3, -0.25) is 4.79 Å². The first-order valence-electron chi connectivity index (χ1n) is 5.38. The van der Waals surface area contributed by atoms with Gasteiger partial charge >= 0.3 is 0 Å². The van der Waals surface area contributed by atoms with Crippen molar-refractivity contribution in [3.05, 3.63) is 21.9 Å². The van der Waals surface area contributed by atoms with Crippen molar-refractivity contribution < 1.29 is 14.6 Å². The molecule has 0 aromatic carbocycles. The number of hydrogen-bond acceptors (Lipinski definition) is 4. The number of carbonyl (C=O) groups is 1. The summed E-state index contributed by atoms with van der Waals surface area (Å²) in [5.74, 6) is 5.25. The highest BCUT2D eigenvalue weighted by molar-refractivity contribution is 7.14. The molecular formula is C12H13NO3S. The van der Waals surface area contributed by atoms with Crippen LogP contribution in [0.25, 0.3) is 0 Å². The Labute approximate surface area is 104 Å². The lowest BCUT2D eigenvalue weighted by molar-refractivity contribution is 0.0934. The van der Waals surface area contributed by atoms with E-state index in [1.165, 1.54) is 11.3 Å². The van der Waals surface area contributed by atoms with Gasteiger partial charge in [-0.2, -0.15) is 0 Å². The Balaban J connectivity index is 1.96. The van der Waals surface area contributed by atoms with Gasteiger partial charge in [0.15, 0.2) is 0 Å². The first-order valence-corrected chi connectivity index (χ1v) is 6.19. The average molecular weight is 251 g/mol. The van der Waals surface area contributed by atoms with Gasteiger partial charge in [-0.15, -0.1) is 11.3 Å². The Kier molecular flexibility index (Phi) is 4.15. The molecule has 2 N–H and O–H groups in total. The van der Waals surface area contributed by atoms with Crippen molar-refractivity contribution in [2.45, 2.75) is 12.5 Å². The first kappa shape index (κ1) is 12.1. The Hall–Kier alpha value is -1.35. The Morgan fingerprint density at radius 1 is 1.65 bits per heavy atom. The van der Waals surface area contributed by atoms with Gasteiger partial charge in [0.05, 0.1) is 22.4 Å². The summed E-state index contributed by atoms with van der Waals surface area (Å²) in [5.41, 5.74) is 0. The molecule has 1 amide bonds. The number of rotatable bonds is 2. The topological polar surface area (TPSA) is 58.6 Å². The lowest BCUT2D eigenvalue weighted by Gasteiger charge is -2.08. The number of aliphatic hydroxyl groups excluding tert-OH is 1. The van der Waals surface area contributed by atoms with Crippen molar-refractivity contribution in [1.29, 1.82) is 0 Å². The van der Waals surface area contributed by atoms with E-state index in [1.807, 2.05) is 0 Å². The van der Waals surface area contributed by atoms with E-state index in [1.54, 1.807) is 12.1 Å². The lowest BCUT2D eigenvalue weighted by Crippen LogP contribution is -2.34. The smallest absolute Gasteiger partial charge is 0.261 e. The predicted octanol–water partition coefficient (Wildman–Crippen LogP) is 0.611. The van der Waals surface area contributed by atoms with Crippen LogP contribution in [0.3, 0.4) is 0 Å². The molecule has 0 spiro atoms. The number of aliphatic hydroxyl groups is 1. The summed E-state index contributed by atoms with van der Waals surface area (Å²) >= 11 is 1.33. The van der Waals surface area contributed by atoms with Gasteiger partial charge in [-0.05, 0) is 18.6 Å². The Bertz CT molecular complexity index is 452. The highest BCUT2D eigenvalue weighted by Crippen LogP contribution is 2.16. The Morgan fingerprint density at radius 3 is 3.24 bits per heavy atom. The number of nitrogens with one attached hydrogen (secondary N) is 1. The predicted molar refractivity (Wildman–Crippen MR) is 65.0 cm³/mol. The van der Waals surface area contributed by atoms with Crippen molar-refractivity contribution in [3.63, 3.8) is 0 Å². The third-order valence-electron chi connectivity index (χ3n) is 2.39. The third-order valence-corrected chi connectivity index (χ3v) is 3.38. The van der Waals surface area contributed by atoms with Crippen LogP contribution < -0.4 is 5.32 Å². The molecule has 0 bridgehead atoms. The number of carbonyl (C=O) groups excluding carboxylic acids is 1. The van der Waals surface area contributed by atoms with Crippen molar-refractivity contribution >= 4 is 17.2 Å². The van der Waals surface area contributed by atoms with Crippen LogP contribution in [0.5, 0.6) is 0 Å². The third kappa shape index (κ3) is 3.30. The zero-order valence-electron chi connectivity index (χ0n) is 9.23. The van der Waals surface area contributed by atoms with E-state index >= 15 is 0 Å². The van der Waals surface area contributed by atoms with Crippen molar-refractivity contribution in [2.24, 2.45) is 0 Å². The van der Waals surface area contributed by atoms with E-state index in [0.29, 0.717) is 18.1 Å². The van der Waals surface area contributed by atoms with Crippen LogP contribution in [0.2, 0.25) is 0 Å². The van der Waals surface area contributed by atoms with Crippen LogP contribution in [0, 0.1) is 11.8 Å². The van der Waals surface area contributed by atoms with Crippen molar-refractivity contribution in [2.75, 3.05) is 19.8 Å². The summed E-state index contributed by atoms with van der Waals surface area (Å²) in [6.45, 7) is 1.13. The number of amides is 1. The second-order valence-electron chi connectivity index (χ2n) is 3.66. The van der Waals surface area contributed by atoms with E-state index in [2.05, 4.69) is 17.2 Å². The second-order valence-corrected chi connectivity index (χ2v) is 4.74. The largest absolute Gasteiger partial charge is 0.384 e. The standard InChI is InChI=1S/C12H13NO3S/c14-6-1-2-10-3-4-11(17-10)12(15)13-9-5-7-16-8-9/h3-4,9,14H,5-8H2,(H,13,15). The molecule has 1 aromatic rings. The summed E-state index contributed by atoms with van der Waals surface area (Å²) in [6, 6.07) is 3.65. The second kappa shape index (κ2) is 5.82.